The molecule has 0 aromatic carbocycles. The molecule has 1 N–H and O–H groups in total. The monoisotopic (exact) mass is 282 g/mol. The third kappa shape index (κ3) is 22.7. The first-order valence-corrected chi connectivity index (χ1v) is 8.12. The van der Waals surface area contributed by atoms with Crippen molar-refractivity contribution in [1.82, 2.24) is 0 Å². The zero-order chi connectivity index (χ0) is 12.3. The maximum absolute atomic E-state index is 10.4. The molecule has 0 aromatic heterocycles. The molecule has 0 aromatic rings. The fourth-order valence-electron chi connectivity index (χ4n) is 1.77. The standard InChI is InChI=1S/C12H26O3S.Li.Na.2H/c1-2-3-4-5-6-7-8-9-10-11-12-16(13,14)15;;;;/h2-12H2,1H3,(H,13,14,15);;;;. The average molecular weight is 282 g/mol. The molecule has 0 aliphatic heterocycles. The van der Waals surface area contributed by atoms with E-state index in [0.717, 1.165) is 12.8 Å². The zero-order valence-corrected chi connectivity index (χ0v) is 11.3. The van der Waals surface area contributed by atoms with E-state index in [-0.39, 0.29) is 54.2 Å². The summed E-state index contributed by atoms with van der Waals surface area (Å²) in [4.78, 5) is 0. The van der Waals surface area contributed by atoms with Crippen LogP contribution < -0.4 is 0 Å². The van der Waals surface area contributed by atoms with Crippen LogP contribution >= 0.6 is 0 Å². The summed E-state index contributed by atoms with van der Waals surface area (Å²) < 4.78 is 29.4. The van der Waals surface area contributed by atoms with E-state index in [2.05, 4.69) is 6.92 Å². The predicted octanol–water partition coefficient (Wildman–Crippen LogP) is 2.50. The number of hydrogen-bond acceptors (Lipinski definition) is 2. The van der Waals surface area contributed by atoms with Crippen molar-refractivity contribution in [1.29, 1.82) is 0 Å². The van der Waals surface area contributed by atoms with Gasteiger partial charge in [0, 0.05) is 0 Å². The molecule has 102 valence electrons. The number of rotatable bonds is 11. The molecule has 0 atom stereocenters. The van der Waals surface area contributed by atoms with Gasteiger partial charge >= 0.3 is 48.4 Å². The normalized spacial score (nSPS) is 10.6. The minimum absolute atomic E-state index is 0. The van der Waals surface area contributed by atoms with Gasteiger partial charge in [-0.05, 0) is 6.42 Å². The molecule has 18 heavy (non-hydrogen) atoms. The Morgan fingerprint density at radius 3 is 1.44 bits per heavy atom. The molecule has 0 fully saturated rings. The molecule has 0 heterocycles. The van der Waals surface area contributed by atoms with Crippen molar-refractivity contribution in [3.63, 3.8) is 0 Å². The molecule has 0 rings (SSSR count). The fraction of sp³-hybridized carbons (Fsp3) is 1.00. The molecule has 0 unspecified atom stereocenters. The third-order valence-electron chi connectivity index (χ3n) is 2.76. The van der Waals surface area contributed by atoms with E-state index in [1.165, 1.54) is 44.9 Å². The first kappa shape index (κ1) is 24.5. The van der Waals surface area contributed by atoms with Gasteiger partial charge in [0.1, 0.15) is 0 Å². The molecule has 0 aliphatic rings. The zero-order valence-electron chi connectivity index (χ0n) is 10.5. The SMILES string of the molecule is CCCCCCCCCCCCS(=O)(=O)O.[LiH].[NaH]. The maximum atomic E-state index is 10.4. The van der Waals surface area contributed by atoms with Crippen LogP contribution in [0, 0.1) is 0 Å². The second-order valence-corrected chi connectivity index (χ2v) is 6.04. The summed E-state index contributed by atoms with van der Waals surface area (Å²) in [5.74, 6) is -0.0799. The van der Waals surface area contributed by atoms with Gasteiger partial charge in [-0.1, -0.05) is 64.7 Å². The van der Waals surface area contributed by atoms with Crippen molar-refractivity contribution in [3.8, 4) is 0 Å². The third-order valence-corrected chi connectivity index (χ3v) is 3.56. The van der Waals surface area contributed by atoms with Gasteiger partial charge in [-0.25, -0.2) is 0 Å². The number of unbranched alkanes of at least 4 members (excludes halogenated alkanes) is 9. The number of hydrogen-bond donors (Lipinski definition) is 1. The van der Waals surface area contributed by atoms with E-state index in [0.29, 0.717) is 6.42 Å². The van der Waals surface area contributed by atoms with Crippen molar-refractivity contribution < 1.29 is 13.0 Å². The van der Waals surface area contributed by atoms with Gasteiger partial charge in [-0.3, -0.25) is 4.55 Å². The molecule has 0 saturated heterocycles. The molecule has 0 spiro atoms. The Labute approximate surface area is 147 Å². The van der Waals surface area contributed by atoms with Crippen LogP contribution in [-0.4, -0.2) is 67.1 Å². The first-order chi connectivity index (χ1) is 7.56. The van der Waals surface area contributed by atoms with E-state index in [1.54, 1.807) is 0 Å². The van der Waals surface area contributed by atoms with Crippen LogP contribution in [0.1, 0.15) is 71.1 Å². The average Bonchev–Trinajstić information content (AvgIpc) is 2.19. The second-order valence-electron chi connectivity index (χ2n) is 4.47. The molecule has 0 saturated carbocycles. The summed E-state index contributed by atoms with van der Waals surface area (Å²) in [6, 6.07) is 0. The van der Waals surface area contributed by atoms with Crippen molar-refractivity contribution in [2.45, 2.75) is 71.1 Å². The van der Waals surface area contributed by atoms with Gasteiger partial charge in [0.2, 0.25) is 0 Å². The predicted molar refractivity (Wildman–Crippen MR) is 82.6 cm³/mol. The van der Waals surface area contributed by atoms with Gasteiger partial charge in [-0.15, -0.1) is 0 Å². The molecule has 0 aliphatic carbocycles. The topological polar surface area (TPSA) is 54.4 Å². The van der Waals surface area contributed by atoms with E-state index < -0.39 is 10.1 Å². The summed E-state index contributed by atoms with van der Waals surface area (Å²) >= 11 is 0. The Kier molecular flexibility index (Phi) is 22.6. The van der Waals surface area contributed by atoms with Crippen LogP contribution in [0.25, 0.3) is 0 Å². The van der Waals surface area contributed by atoms with E-state index >= 15 is 0 Å². The van der Waals surface area contributed by atoms with Crippen LogP contribution in [0.2, 0.25) is 0 Å². The van der Waals surface area contributed by atoms with Crippen LogP contribution in [0.15, 0.2) is 0 Å². The molecular formula is C12H28LiNaO3S. The molecule has 3 nitrogen and oxygen atoms in total. The molecule has 0 radical (unpaired) electrons. The summed E-state index contributed by atoms with van der Waals surface area (Å²) in [7, 11) is -3.73. The Balaban J connectivity index is -0.00000112. The van der Waals surface area contributed by atoms with Gasteiger partial charge in [0.05, 0.1) is 5.75 Å². The van der Waals surface area contributed by atoms with Crippen LogP contribution in [0.4, 0.5) is 0 Å². The van der Waals surface area contributed by atoms with Gasteiger partial charge in [0.15, 0.2) is 0 Å². The Morgan fingerprint density at radius 1 is 0.778 bits per heavy atom. The van der Waals surface area contributed by atoms with Gasteiger partial charge < -0.3 is 0 Å². The Bertz CT molecular complexity index is 246. The summed E-state index contributed by atoms with van der Waals surface area (Å²) in [5.41, 5.74) is 0. The quantitative estimate of drug-likeness (QED) is 0.360. The van der Waals surface area contributed by atoms with E-state index in [9.17, 15) is 8.42 Å². The second kappa shape index (κ2) is 16.6. The first-order valence-electron chi connectivity index (χ1n) is 6.51. The molecule has 0 bridgehead atoms. The van der Waals surface area contributed by atoms with Crippen LogP contribution in [0.5, 0.6) is 0 Å². The molecular weight excluding hydrogens is 254 g/mol. The molecule has 0 amide bonds. The van der Waals surface area contributed by atoms with Crippen LogP contribution in [-0.2, 0) is 10.1 Å². The van der Waals surface area contributed by atoms with Crippen molar-refractivity contribution in [3.05, 3.63) is 0 Å². The van der Waals surface area contributed by atoms with Crippen molar-refractivity contribution in [2.24, 2.45) is 0 Å². The van der Waals surface area contributed by atoms with E-state index in [1.807, 2.05) is 0 Å². The summed E-state index contributed by atoms with van der Waals surface area (Å²) in [6.07, 6.45) is 11.7. The van der Waals surface area contributed by atoms with Crippen molar-refractivity contribution >= 4 is 58.5 Å². The van der Waals surface area contributed by atoms with Gasteiger partial charge in [-0.2, -0.15) is 8.42 Å². The Morgan fingerprint density at radius 2 is 1.11 bits per heavy atom. The van der Waals surface area contributed by atoms with E-state index in [4.69, 9.17) is 4.55 Å². The van der Waals surface area contributed by atoms with Crippen molar-refractivity contribution in [2.75, 3.05) is 5.75 Å². The fourth-order valence-corrected chi connectivity index (χ4v) is 2.34. The van der Waals surface area contributed by atoms with Gasteiger partial charge in [0.25, 0.3) is 10.1 Å². The minimum atomic E-state index is -3.73. The van der Waals surface area contributed by atoms with Crippen LogP contribution in [0.3, 0.4) is 0 Å². The summed E-state index contributed by atoms with van der Waals surface area (Å²) in [6.45, 7) is 2.22. The Hall–Kier alpha value is 1.51. The summed E-state index contributed by atoms with van der Waals surface area (Å²) in [5, 5.41) is 0. The molecule has 6 heteroatoms.